The molecule has 1 aromatic carbocycles. The molecule has 0 aromatic heterocycles. The summed E-state index contributed by atoms with van der Waals surface area (Å²) in [4.78, 5) is 17.2. The van der Waals surface area contributed by atoms with Gasteiger partial charge in [-0.1, -0.05) is 29.8 Å². The van der Waals surface area contributed by atoms with Gasteiger partial charge in [0.15, 0.2) is 0 Å². The molecule has 0 radical (unpaired) electrons. The van der Waals surface area contributed by atoms with Crippen LogP contribution >= 0.6 is 0 Å². The fourth-order valence-electron chi connectivity index (χ4n) is 4.94. The van der Waals surface area contributed by atoms with Crippen LogP contribution in [0.2, 0.25) is 0 Å². The topological polar surface area (TPSA) is 43.8 Å². The standard InChI is InChI=1S/C21H30N2O2/c1-15-3-5-16(6-4-15)17-13-18-7-8-19(14-17)23(18)20(24)22-11-9-21(2,25)10-12-22/h3-6,17-19,25H,7-14H2,1-2H3/t17?,18-,19+. The van der Waals surface area contributed by atoms with Crippen molar-refractivity contribution in [3.05, 3.63) is 35.4 Å². The fourth-order valence-corrected chi connectivity index (χ4v) is 4.94. The van der Waals surface area contributed by atoms with E-state index in [1.54, 1.807) is 0 Å². The second-order valence-electron chi connectivity index (χ2n) is 8.64. The van der Waals surface area contributed by atoms with Gasteiger partial charge in [-0.15, -0.1) is 0 Å². The van der Waals surface area contributed by atoms with Crippen molar-refractivity contribution in [2.24, 2.45) is 0 Å². The SMILES string of the molecule is Cc1ccc(C2C[C@H]3CC[C@@H](C2)N3C(=O)N2CCC(C)(O)CC2)cc1. The summed E-state index contributed by atoms with van der Waals surface area (Å²) < 4.78 is 0. The largest absolute Gasteiger partial charge is 0.390 e. The summed E-state index contributed by atoms with van der Waals surface area (Å²) in [6.45, 7) is 5.38. The maximum atomic E-state index is 13.1. The quantitative estimate of drug-likeness (QED) is 0.846. The molecular weight excluding hydrogens is 312 g/mol. The third kappa shape index (κ3) is 3.29. The molecule has 3 aliphatic heterocycles. The van der Waals surface area contributed by atoms with Gasteiger partial charge >= 0.3 is 6.03 Å². The summed E-state index contributed by atoms with van der Waals surface area (Å²) in [7, 11) is 0. The number of hydrogen-bond donors (Lipinski definition) is 1. The lowest BCUT2D eigenvalue weighted by Crippen LogP contribution is -2.55. The van der Waals surface area contributed by atoms with E-state index < -0.39 is 5.60 Å². The summed E-state index contributed by atoms with van der Waals surface area (Å²) in [5.74, 6) is 0.587. The molecule has 3 fully saturated rings. The van der Waals surface area contributed by atoms with E-state index in [1.165, 1.54) is 11.1 Å². The van der Waals surface area contributed by atoms with Crippen LogP contribution in [0.5, 0.6) is 0 Å². The zero-order chi connectivity index (χ0) is 17.6. The summed E-state index contributed by atoms with van der Waals surface area (Å²) in [6.07, 6.45) is 5.85. The molecule has 2 bridgehead atoms. The van der Waals surface area contributed by atoms with E-state index in [0.29, 0.717) is 43.9 Å². The van der Waals surface area contributed by atoms with Crippen LogP contribution in [0.25, 0.3) is 0 Å². The lowest BCUT2D eigenvalue weighted by molar-refractivity contribution is -0.00273. The number of hydrogen-bond acceptors (Lipinski definition) is 2. The third-order valence-electron chi connectivity index (χ3n) is 6.61. The van der Waals surface area contributed by atoms with Gasteiger partial charge in [-0.05, 0) is 63.9 Å². The smallest absolute Gasteiger partial charge is 0.320 e. The van der Waals surface area contributed by atoms with E-state index in [9.17, 15) is 9.90 Å². The lowest BCUT2D eigenvalue weighted by atomic mass is 9.85. The van der Waals surface area contributed by atoms with Gasteiger partial charge in [0, 0.05) is 25.2 Å². The summed E-state index contributed by atoms with van der Waals surface area (Å²) >= 11 is 0. The fraction of sp³-hybridized carbons (Fsp3) is 0.667. The van der Waals surface area contributed by atoms with Crippen LogP contribution in [0.15, 0.2) is 24.3 Å². The highest BCUT2D eigenvalue weighted by Crippen LogP contribution is 2.43. The van der Waals surface area contributed by atoms with Crippen molar-refractivity contribution in [3.8, 4) is 0 Å². The predicted octanol–water partition coefficient (Wildman–Crippen LogP) is 3.67. The Hall–Kier alpha value is -1.55. The Morgan fingerprint density at radius 1 is 1.08 bits per heavy atom. The van der Waals surface area contributed by atoms with Crippen LogP contribution in [0.3, 0.4) is 0 Å². The molecule has 4 heteroatoms. The Morgan fingerprint density at radius 3 is 2.20 bits per heavy atom. The Bertz CT molecular complexity index is 616. The number of piperidine rings is 2. The minimum Gasteiger partial charge on any atom is -0.390 e. The number of carbonyl (C=O) groups excluding carboxylic acids is 1. The monoisotopic (exact) mass is 342 g/mol. The predicted molar refractivity (Wildman–Crippen MR) is 98.6 cm³/mol. The van der Waals surface area contributed by atoms with Gasteiger partial charge in [0.1, 0.15) is 0 Å². The molecule has 1 aromatic rings. The number of likely N-dealkylation sites (tertiary alicyclic amines) is 1. The third-order valence-corrected chi connectivity index (χ3v) is 6.61. The first-order valence-electron chi connectivity index (χ1n) is 9.79. The molecule has 4 nitrogen and oxygen atoms in total. The Morgan fingerprint density at radius 2 is 1.64 bits per heavy atom. The van der Waals surface area contributed by atoms with Crippen molar-refractivity contribution in [3.63, 3.8) is 0 Å². The first-order valence-corrected chi connectivity index (χ1v) is 9.79. The van der Waals surface area contributed by atoms with Gasteiger partial charge in [-0.3, -0.25) is 0 Å². The zero-order valence-electron chi connectivity index (χ0n) is 15.4. The number of amides is 2. The first-order chi connectivity index (χ1) is 11.9. The van der Waals surface area contributed by atoms with Crippen LogP contribution in [0.4, 0.5) is 4.79 Å². The van der Waals surface area contributed by atoms with Gasteiger partial charge in [0.2, 0.25) is 0 Å². The number of rotatable bonds is 1. The van der Waals surface area contributed by atoms with Crippen molar-refractivity contribution >= 4 is 6.03 Å². The lowest BCUT2D eigenvalue weighted by Gasteiger charge is -2.44. The molecule has 136 valence electrons. The molecule has 3 aliphatic rings. The molecular formula is C21H30N2O2. The van der Waals surface area contributed by atoms with E-state index in [0.717, 1.165) is 25.7 Å². The maximum Gasteiger partial charge on any atom is 0.320 e. The highest BCUT2D eigenvalue weighted by atomic mass is 16.3. The van der Waals surface area contributed by atoms with Gasteiger partial charge in [-0.25, -0.2) is 4.79 Å². The number of urea groups is 1. The average Bonchev–Trinajstić information content (AvgIpc) is 2.85. The Kier molecular flexibility index (Phi) is 4.27. The molecule has 3 atom stereocenters. The van der Waals surface area contributed by atoms with Crippen molar-refractivity contribution < 1.29 is 9.90 Å². The summed E-state index contributed by atoms with van der Waals surface area (Å²) in [5, 5.41) is 10.1. The highest BCUT2D eigenvalue weighted by molar-refractivity contribution is 5.76. The van der Waals surface area contributed by atoms with E-state index in [1.807, 2.05) is 11.8 Å². The molecule has 2 amide bonds. The van der Waals surface area contributed by atoms with Gasteiger partial charge in [-0.2, -0.15) is 0 Å². The van der Waals surface area contributed by atoms with Crippen LogP contribution < -0.4 is 0 Å². The molecule has 4 rings (SSSR count). The molecule has 1 unspecified atom stereocenters. The van der Waals surface area contributed by atoms with Crippen LogP contribution in [-0.4, -0.2) is 51.7 Å². The van der Waals surface area contributed by atoms with Gasteiger partial charge in [0.25, 0.3) is 0 Å². The summed E-state index contributed by atoms with van der Waals surface area (Å²) in [6, 6.07) is 9.93. The highest BCUT2D eigenvalue weighted by Gasteiger charge is 2.45. The molecule has 0 aliphatic carbocycles. The van der Waals surface area contributed by atoms with Crippen LogP contribution in [-0.2, 0) is 0 Å². The van der Waals surface area contributed by atoms with Crippen molar-refractivity contribution in [2.75, 3.05) is 13.1 Å². The van der Waals surface area contributed by atoms with E-state index >= 15 is 0 Å². The van der Waals surface area contributed by atoms with Crippen LogP contribution in [0, 0.1) is 6.92 Å². The molecule has 3 heterocycles. The van der Waals surface area contributed by atoms with Crippen molar-refractivity contribution in [1.29, 1.82) is 0 Å². The number of aryl methyl sites for hydroxylation is 1. The second kappa shape index (κ2) is 6.31. The van der Waals surface area contributed by atoms with Crippen molar-refractivity contribution in [2.45, 2.75) is 76.0 Å². The first kappa shape index (κ1) is 16.9. The van der Waals surface area contributed by atoms with E-state index in [2.05, 4.69) is 36.1 Å². The molecule has 0 spiro atoms. The average molecular weight is 342 g/mol. The Labute approximate surface area is 150 Å². The van der Waals surface area contributed by atoms with Gasteiger partial charge in [0.05, 0.1) is 5.60 Å². The molecule has 0 saturated carbocycles. The van der Waals surface area contributed by atoms with Gasteiger partial charge < -0.3 is 14.9 Å². The summed E-state index contributed by atoms with van der Waals surface area (Å²) in [5.41, 5.74) is 2.14. The number of carbonyl (C=O) groups is 1. The minimum atomic E-state index is -0.603. The Balaban J connectivity index is 1.44. The van der Waals surface area contributed by atoms with Crippen molar-refractivity contribution in [1.82, 2.24) is 9.80 Å². The zero-order valence-corrected chi connectivity index (χ0v) is 15.4. The minimum absolute atomic E-state index is 0.213. The molecule has 3 saturated heterocycles. The second-order valence-corrected chi connectivity index (χ2v) is 8.64. The van der Waals surface area contributed by atoms with E-state index in [-0.39, 0.29) is 6.03 Å². The normalized spacial score (nSPS) is 31.2. The van der Waals surface area contributed by atoms with Crippen LogP contribution in [0.1, 0.15) is 62.5 Å². The number of nitrogens with zero attached hydrogens (tertiary/aromatic N) is 2. The van der Waals surface area contributed by atoms with E-state index in [4.69, 9.17) is 0 Å². The molecule has 25 heavy (non-hydrogen) atoms. The molecule has 1 N–H and O–H groups in total. The number of benzene rings is 1. The number of aliphatic hydroxyl groups is 1. The number of fused-ring (bicyclic) bond motifs is 2. The maximum absolute atomic E-state index is 13.1.